The quantitative estimate of drug-likeness (QED) is 0.380. The molecule has 3 aromatic rings. The summed E-state index contributed by atoms with van der Waals surface area (Å²) in [5, 5.41) is 0. The van der Waals surface area contributed by atoms with Gasteiger partial charge in [-0.2, -0.15) is 0 Å². The monoisotopic (exact) mass is 437 g/mol. The van der Waals surface area contributed by atoms with E-state index in [0.717, 1.165) is 26.9 Å². The topological polar surface area (TPSA) is 30.8 Å². The summed E-state index contributed by atoms with van der Waals surface area (Å²) in [5.74, 6) is 1.41. The van der Waals surface area contributed by atoms with Gasteiger partial charge >= 0.3 is 0 Å². The number of aryl methyl sites for hydroxylation is 2. The Balaban J connectivity index is 1.85. The van der Waals surface area contributed by atoms with Gasteiger partial charge in [0, 0.05) is 6.21 Å². The van der Waals surface area contributed by atoms with E-state index >= 15 is 0 Å². The number of rotatable bonds is 7. The minimum atomic E-state index is 0.482. The summed E-state index contributed by atoms with van der Waals surface area (Å²) in [6.45, 7) is 7.14. The molecule has 3 rings (SSSR count). The van der Waals surface area contributed by atoms with Crippen LogP contribution in [0.15, 0.2) is 70.1 Å². The van der Waals surface area contributed by atoms with E-state index in [9.17, 15) is 0 Å². The standard InChI is InChI=1S/C24H24BrNO2/c1-4-27-23-14-20(15-26-22-12-17(2)10-11-18(22)3)13-21(25)24(23)28-16-19-8-6-5-7-9-19/h5-15H,4,16H2,1-3H3. The van der Waals surface area contributed by atoms with E-state index in [2.05, 4.69) is 53.0 Å². The van der Waals surface area contributed by atoms with Gasteiger partial charge in [-0.15, -0.1) is 0 Å². The molecule has 0 atom stereocenters. The second-order valence-electron chi connectivity index (χ2n) is 6.59. The maximum Gasteiger partial charge on any atom is 0.175 e. The van der Waals surface area contributed by atoms with E-state index in [1.54, 1.807) is 0 Å². The number of hydrogen-bond donors (Lipinski definition) is 0. The lowest BCUT2D eigenvalue weighted by molar-refractivity contribution is 0.267. The number of aliphatic imine (C=N–C) groups is 1. The van der Waals surface area contributed by atoms with Crippen LogP contribution in [0.1, 0.15) is 29.2 Å². The smallest absolute Gasteiger partial charge is 0.175 e. The first-order chi connectivity index (χ1) is 13.6. The van der Waals surface area contributed by atoms with Crippen molar-refractivity contribution in [2.45, 2.75) is 27.4 Å². The van der Waals surface area contributed by atoms with Crippen LogP contribution in [0.5, 0.6) is 11.5 Å². The highest BCUT2D eigenvalue weighted by Crippen LogP contribution is 2.37. The van der Waals surface area contributed by atoms with Crippen LogP contribution in [0.25, 0.3) is 0 Å². The van der Waals surface area contributed by atoms with Crippen molar-refractivity contribution >= 4 is 27.8 Å². The molecule has 144 valence electrons. The van der Waals surface area contributed by atoms with Crippen molar-refractivity contribution in [2.24, 2.45) is 4.99 Å². The fourth-order valence-electron chi connectivity index (χ4n) is 2.80. The van der Waals surface area contributed by atoms with Crippen molar-refractivity contribution in [2.75, 3.05) is 6.61 Å². The first-order valence-electron chi connectivity index (χ1n) is 9.31. The van der Waals surface area contributed by atoms with Crippen LogP contribution in [0.3, 0.4) is 0 Å². The number of hydrogen-bond acceptors (Lipinski definition) is 3. The van der Waals surface area contributed by atoms with E-state index in [4.69, 9.17) is 9.47 Å². The molecule has 0 aliphatic carbocycles. The molecule has 0 unspecified atom stereocenters. The van der Waals surface area contributed by atoms with Gasteiger partial charge < -0.3 is 9.47 Å². The maximum absolute atomic E-state index is 6.04. The molecule has 0 fully saturated rings. The molecule has 0 bridgehead atoms. The molecule has 0 heterocycles. The van der Waals surface area contributed by atoms with Crippen molar-refractivity contribution in [3.63, 3.8) is 0 Å². The number of ether oxygens (including phenoxy) is 2. The summed E-state index contributed by atoms with van der Waals surface area (Å²) in [5.41, 5.74) is 5.37. The van der Waals surface area contributed by atoms with Gasteiger partial charge in [-0.05, 0) is 77.2 Å². The molecule has 4 heteroatoms. The Bertz CT molecular complexity index is 968. The minimum Gasteiger partial charge on any atom is -0.490 e. The Morgan fingerprint density at radius 1 is 0.964 bits per heavy atom. The Morgan fingerprint density at radius 2 is 1.75 bits per heavy atom. The molecule has 0 saturated carbocycles. The lowest BCUT2D eigenvalue weighted by Crippen LogP contribution is -2.01. The molecule has 3 aromatic carbocycles. The van der Waals surface area contributed by atoms with Gasteiger partial charge in [0.15, 0.2) is 11.5 Å². The van der Waals surface area contributed by atoms with E-state index < -0.39 is 0 Å². The van der Waals surface area contributed by atoms with Gasteiger partial charge in [0.2, 0.25) is 0 Å². The predicted molar refractivity (Wildman–Crippen MR) is 119 cm³/mol. The van der Waals surface area contributed by atoms with Crippen LogP contribution >= 0.6 is 15.9 Å². The zero-order chi connectivity index (χ0) is 19.9. The summed E-state index contributed by atoms with van der Waals surface area (Å²) < 4.78 is 12.7. The van der Waals surface area contributed by atoms with Crippen LogP contribution < -0.4 is 9.47 Å². The van der Waals surface area contributed by atoms with Crippen LogP contribution in [0.4, 0.5) is 5.69 Å². The molecular formula is C24H24BrNO2. The van der Waals surface area contributed by atoms with Crippen LogP contribution in [0, 0.1) is 13.8 Å². The highest BCUT2D eigenvalue weighted by Gasteiger charge is 2.12. The summed E-state index contributed by atoms with van der Waals surface area (Å²) in [6, 6.07) is 20.3. The lowest BCUT2D eigenvalue weighted by atomic mass is 10.1. The largest absolute Gasteiger partial charge is 0.490 e. The molecular weight excluding hydrogens is 414 g/mol. The van der Waals surface area contributed by atoms with Crippen molar-refractivity contribution in [3.05, 3.63) is 87.4 Å². The second-order valence-corrected chi connectivity index (χ2v) is 7.44. The molecule has 28 heavy (non-hydrogen) atoms. The molecule has 0 amide bonds. The normalized spacial score (nSPS) is 11.0. The Morgan fingerprint density at radius 3 is 2.50 bits per heavy atom. The maximum atomic E-state index is 6.04. The summed E-state index contributed by atoms with van der Waals surface area (Å²) in [6.07, 6.45) is 1.86. The van der Waals surface area contributed by atoms with Gasteiger partial charge in [0.05, 0.1) is 16.8 Å². The van der Waals surface area contributed by atoms with E-state index in [-0.39, 0.29) is 0 Å². The van der Waals surface area contributed by atoms with Crippen molar-refractivity contribution in [3.8, 4) is 11.5 Å². The fraction of sp³-hybridized carbons (Fsp3) is 0.208. The number of nitrogens with zero attached hydrogens (tertiary/aromatic N) is 1. The highest BCUT2D eigenvalue weighted by molar-refractivity contribution is 9.10. The summed E-state index contributed by atoms with van der Waals surface area (Å²) >= 11 is 3.63. The van der Waals surface area contributed by atoms with Crippen LogP contribution in [0.2, 0.25) is 0 Å². The third-order valence-corrected chi connectivity index (χ3v) is 4.86. The van der Waals surface area contributed by atoms with Crippen molar-refractivity contribution < 1.29 is 9.47 Å². The van der Waals surface area contributed by atoms with Gasteiger partial charge in [0.1, 0.15) is 6.61 Å². The molecule has 0 radical (unpaired) electrons. The van der Waals surface area contributed by atoms with Gasteiger partial charge in [-0.1, -0.05) is 42.5 Å². The zero-order valence-electron chi connectivity index (χ0n) is 16.4. The van der Waals surface area contributed by atoms with Gasteiger partial charge in [0.25, 0.3) is 0 Å². The molecule has 0 aliphatic rings. The van der Waals surface area contributed by atoms with Crippen LogP contribution in [-0.2, 0) is 6.61 Å². The SMILES string of the molecule is CCOc1cc(C=Nc2cc(C)ccc2C)cc(Br)c1OCc1ccccc1. The van der Waals surface area contributed by atoms with Crippen molar-refractivity contribution in [1.82, 2.24) is 0 Å². The molecule has 0 N–H and O–H groups in total. The average Bonchev–Trinajstić information content (AvgIpc) is 2.69. The van der Waals surface area contributed by atoms with Gasteiger partial charge in [-0.25, -0.2) is 0 Å². The Kier molecular flexibility index (Phi) is 6.88. The fourth-order valence-corrected chi connectivity index (χ4v) is 3.37. The molecule has 0 saturated heterocycles. The number of benzene rings is 3. The Labute approximate surface area is 175 Å². The first-order valence-corrected chi connectivity index (χ1v) is 10.1. The second kappa shape index (κ2) is 9.56. The Hall–Kier alpha value is -2.59. The number of halogens is 1. The third kappa shape index (κ3) is 5.23. The van der Waals surface area contributed by atoms with Crippen molar-refractivity contribution in [1.29, 1.82) is 0 Å². The summed E-state index contributed by atoms with van der Waals surface area (Å²) in [7, 11) is 0. The van der Waals surface area contributed by atoms with Crippen LogP contribution in [-0.4, -0.2) is 12.8 Å². The zero-order valence-corrected chi connectivity index (χ0v) is 18.0. The third-order valence-electron chi connectivity index (χ3n) is 4.28. The van der Waals surface area contributed by atoms with E-state index in [0.29, 0.717) is 24.7 Å². The van der Waals surface area contributed by atoms with E-state index in [1.165, 1.54) is 5.56 Å². The average molecular weight is 438 g/mol. The molecule has 0 aliphatic heterocycles. The lowest BCUT2D eigenvalue weighted by Gasteiger charge is -2.14. The van der Waals surface area contributed by atoms with Gasteiger partial charge in [-0.3, -0.25) is 4.99 Å². The molecule has 0 spiro atoms. The predicted octanol–water partition coefficient (Wildman–Crippen LogP) is 6.79. The minimum absolute atomic E-state index is 0.482. The molecule has 3 nitrogen and oxygen atoms in total. The summed E-state index contributed by atoms with van der Waals surface area (Å²) in [4.78, 5) is 4.66. The van der Waals surface area contributed by atoms with E-state index in [1.807, 2.05) is 55.6 Å². The highest BCUT2D eigenvalue weighted by atomic mass is 79.9. The first kappa shape index (κ1) is 20.2. The molecule has 0 aromatic heterocycles.